The summed E-state index contributed by atoms with van der Waals surface area (Å²) in [6, 6.07) is 19.2. The van der Waals surface area contributed by atoms with Gasteiger partial charge in [0.15, 0.2) is 0 Å². The molecule has 1 atom stereocenters. The summed E-state index contributed by atoms with van der Waals surface area (Å²) in [7, 11) is 0. The van der Waals surface area contributed by atoms with E-state index < -0.39 is 21.3 Å². The van der Waals surface area contributed by atoms with Crippen LogP contribution in [0.2, 0.25) is 0 Å². The number of rotatable bonds is 4. The van der Waals surface area contributed by atoms with E-state index in [1.54, 1.807) is 24.2 Å². The van der Waals surface area contributed by atoms with Crippen molar-refractivity contribution in [2.45, 2.75) is 86.5 Å². The molecule has 3 aromatic carbocycles. The molecule has 0 N–H and O–H groups in total. The van der Waals surface area contributed by atoms with Crippen molar-refractivity contribution in [1.29, 1.82) is 0 Å². The van der Waals surface area contributed by atoms with Gasteiger partial charge in [-0.25, -0.2) is 0 Å². The minimum absolute atomic E-state index is 0. The Labute approximate surface area is 273 Å². The Morgan fingerprint density at radius 3 is 2.02 bits per heavy atom. The van der Waals surface area contributed by atoms with Gasteiger partial charge in [0.2, 0.25) is 0 Å². The number of benzene rings is 3. The summed E-state index contributed by atoms with van der Waals surface area (Å²) in [6.07, 6.45) is 3.53. The maximum Gasteiger partial charge on any atom is -1.00 e. The zero-order valence-corrected chi connectivity index (χ0v) is 30.8. The van der Waals surface area contributed by atoms with Gasteiger partial charge in [0.25, 0.3) is 0 Å². The van der Waals surface area contributed by atoms with Gasteiger partial charge < -0.3 is 24.8 Å². The molecule has 1 unspecified atom stereocenters. The first-order valence-corrected chi connectivity index (χ1v) is 18.8. The summed E-state index contributed by atoms with van der Waals surface area (Å²) in [4.78, 5) is 0. The fraction of sp³-hybridized carbons (Fsp3) is 0.395. The van der Waals surface area contributed by atoms with Crippen molar-refractivity contribution in [3.05, 3.63) is 109 Å². The van der Waals surface area contributed by atoms with Gasteiger partial charge in [-0.1, -0.05) is 0 Å². The molecule has 2 aliphatic rings. The molecule has 0 saturated heterocycles. The van der Waals surface area contributed by atoms with Crippen molar-refractivity contribution < 1.29 is 50.5 Å². The van der Waals surface area contributed by atoms with Crippen LogP contribution in [-0.4, -0.2) is 3.71 Å². The van der Waals surface area contributed by atoms with Gasteiger partial charge in [-0.3, -0.25) is 0 Å². The molecule has 4 heteroatoms. The van der Waals surface area contributed by atoms with E-state index in [9.17, 15) is 4.39 Å². The zero-order chi connectivity index (χ0) is 29.1. The van der Waals surface area contributed by atoms with Gasteiger partial charge in [0.05, 0.1) is 0 Å². The molecule has 222 valence electrons. The predicted molar refractivity (Wildman–Crippen MR) is 168 cm³/mol. The molecule has 2 aliphatic carbocycles. The number of fused-ring (bicyclic) bond motifs is 3. The van der Waals surface area contributed by atoms with Crippen molar-refractivity contribution in [2.24, 2.45) is 11.8 Å². The molecule has 0 fully saturated rings. The molecule has 0 aromatic heterocycles. The second-order valence-corrected chi connectivity index (χ2v) is 19.6. The van der Waals surface area contributed by atoms with Crippen LogP contribution >= 0.6 is 0 Å². The average Bonchev–Trinajstić information content (AvgIpc) is 3.38. The minimum atomic E-state index is -2.68. The maximum atomic E-state index is 14.0. The summed E-state index contributed by atoms with van der Waals surface area (Å²) in [5.41, 5.74) is 13.1. The molecular formula is C38H45Cl2FZr. The van der Waals surface area contributed by atoms with Crippen molar-refractivity contribution in [1.82, 2.24) is 0 Å². The Hall–Kier alpha value is -1.60. The maximum absolute atomic E-state index is 14.0. The van der Waals surface area contributed by atoms with E-state index >= 15 is 0 Å². The van der Waals surface area contributed by atoms with E-state index in [0.717, 1.165) is 12.0 Å². The third kappa shape index (κ3) is 6.57. The van der Waals surface area contributed by atoms with E-state index in [-0.39, 0.29) is 41.5 Å². The van der Waals surface area contributed by atoms with E-state index in [1.807, 2.05) is 12.1 Å². The third-order valence-electron chi connectivity index (χ3n) is 8.83. The number of halogens is 3. The summed E-state index contributed by atoms with van der Waals surface area (Å²) in [5.74, 6) is 0.777. The molecule has 0 bridgehead atoms. The Kier molecular flexibility index (Phi) is 10.6. The zero-order valence-electron chi connectivity index (χ0n) is 26.8. The van der Waals surface area contributed by atoms with Crippen LogP contribution in [0.15, 0.2) is 75.1 Å². The Morgan fingerprint density at radius 2 is 1.48 bits per heavy atom. The van der Waals surface area contributed by atoms with Gasteiger partial charge in [0, 0.05) is 0 Å². The largest absolute Gasteiger partial charge is 1.00 e. The molecule has 3 aromatic rings. The third-order valence-corrected chi connectivity index (χ3v) is 16.6. The first kappa shape index (κ1) is 34.9. The first-order valence-electron chi connectivity index (χ1n) is 14.9. The average molecular weight is 683 g/mol. The molecule has 0 aliphatic heterocycles. The Balaban J connectivity index is 0.00000242. The van der Waals surface area contributed by atoms with Crippen molar-refractivity contribution in [3.63, 3.8) is 0 Å². The smallest absolute Gasteiger partial charge is 1.00 e. The summed E-state index contributed by atoms with van der Waals surface area (Å²) in [6.45, 7) is 23.4. The molecule has 0 saturated carbocycles. The molecule has 42 heavy (non-hydrogen) atoms. The van der Waals surface area contributed by atoms with E-state index in [1.165, 1.54) is 39.0 Å². The summed E-state index contributed by atoms with van der Waals surface area (Å²) < 4.78 is 19.9. The van der Waals surface area contributed by atoms with E-state index in [2.05, 4.69) is 109 Å². The minimum Gasteiger partial charge on any atom is -1.00 e. The Bertz CT molecular complexity index is 1570. The number of allylic oxidation sites excluding steroid dienone is 4. The second-order valence-electron chi connectivity index (χ2n) is 14.3. The van der Waals surface area contributed by atoms with Crippen LogP contribution in [0.25, 0.3) is 11.1 Å². The van der Waals surface area contributed by atoms with Crippen LogP contribution in [0.4, 0.5) is 4.39 Å². The quantitative estimate of drug-likeness (QED) is 0.309. The standard InChI is InChI=1S/C21H25.C10H15.C7H5F.2ClH.Zr/c1-20(2,3)16-7-9-18-14(12-16)11-15-13-17(21(4,5)6)8-10-19(15)18;1-7(2)10-6-8(3)5-9(10)4;1-6-2-4-7(8)5-3-6;;;/h7-10,12H,11H2,1-6H3;6-8H,1-4H3;1-5H;2*1H;/q;;;;;+2/p-2. The van der Waals surface area contributed by atoms with Gasteiger partial charge in [-0.2, -0.15) is 0 Å². The van der Waals surface area contributed by atoms with Crippen LogP contribution in [0.1, 0.15) is 97.1 Å². The van der Waals surface area contributed by atoms with Gasteiger partial charge in [-0.15, -0.1) is 0 Å². The van der Waals surface area contributed by atoms with E-state index in [4.69, 9.17) is 0 Å². The van der Waals surface area contributed by atoms with E-state index in [0.29, 0.717) is 11.8 Å². The van der Waals surface area contributed by atoms with Crippen molar-refractivity contribution in [2.75, 3.05) is 0 Å². The monoisotopic (exact) mass is 680 g/mol. The molecule has 0 nitrogen and oxygen atoms in total. The van der Waals surface area contributed by atoms with Crippen LogP contribution in [0.5, 0.6) is 0 Å². The fourth-order valence-corrected chi connectivity index (χ4v) is 15.4. The van der Waals surface area contributed by atoms with Crippen molar-refractivity contribution in [3.8, 4) is 11.1 Å². The molecule has 0 radical (unpaired) electrons. The van der Waals surface area contributed by atoms with Crippen LogP contribution < -0.4 is 28.1 Å². The Morgan fingerprint density at radius 1 is 0.857 bits per heavy atom. The molecule has 0 amide bonds. The molecule has 0 heterocycles. The molecular weight excluding hydrogens is 638 g/mol. The number of hydrogen-bond donors (Lipinski definition) is 0. The topological polar surface area (TPSA) is 0 Å². The normalized spacial score (nSPS) is 16.2. The molecule has 0 spiro atoms. The molecule has 5 rings (SSSR count). The van der Waals surface area contributed by atoms with Gasteiger partial charge in [0.1, 0.15) is 0 Å². The van der Waals surface area contributed by atoms with Crippen LogP contribution in [0, 0.1) is 17.7 Å². The van der Waals surface area contributed by atoms with Gasteiger partial charge in [-0.05, 0) is 0 Å². The van der Waals surface area contributed by atoms with Gasteiger partial charge >= 0.3 is 251 Å². The SMILES string of the molecule is CC1=[C](/[Zr+2](=[CH]/c2ccc(F)cc2)[c]2c(C(C)(C)C)ccc3c2Cc2cc(C(C)(C)C)ccc2-3)C(C)C=C1C(C)C.[Cl-].[Cl-]. The predicted octanol–water partition coefficient (Wildman–Crippen LogP) is 3.60. The second kappa shape index (κ2) is 12.8. The van der Waals surface area contributed by atoms with Crippen LogP contribution in [0.3, 0.4) is 0 Å². The summed E-state index contributed by atoms with van der Waals surface area (Å²) in [5, 5.41) is 0. The fourth-order valence-electron chi connectivity index (χ4n) is 6.73. The van der Waals surface area contributed by atoms with Crippen molar-refractivity contribution >= 4 is 6.98 Å². The number of hydrogen-bond acceptors (Lipinski definition) is 0. The van der Waals surface area contributed by atoms with Crippen LogP contribution in [-0.2, 0) is 38.5 Å². The summed E-state index contributed by atoms with van der Waals surface area (Å²) >= 11 is -2.68. The first-order chi connectivity index (χ1) is 18.7.